The number of fused-ring (bicyclic) bond motifs is 1. The zero-order chi connectivity index (χ0) is 24.4. The van der Waals surface area contributed by atoms with Gasteiger partial charge in [-0.05, 0) is 43.3 Å². The molecule has 2 aromatic carbocycles. The van der Waals surface area contributed by atoms with Crippen molar-refractivity contribution < 1.29 is 14.3 Å². The number of methoxy groups -OCH3 is 1. The summed E-state index contributed by atoms with van der Waals surface area (Å²) in [6.45, 7) is 3.23. The Balaban J connectivity index is 1.54. The minimum absolute atomic E-state index is 0.267. The molecule has 1 aliphatic rings. The Bertz CT molecular complexity index is 1370. The van der Waals surface area contributed by atoms with E-state index in [0.29, 0.717) is 35.3 Å². The first-order chi connectivity index (χ1) is 17.1. The average Bonchev–Trinajstić information content (AvgIpc) is 3.32. The number of carbonyl (C=O) groups is 1. The van der Waals surface area contributed by atoms with Crippen LogP contribution in [0.2, 0.25) is 5.02 Å². The molecule has 9 heteroatoms. The second-order valence-corrected chi connectivity index (χ2v) is 8.53. The highest BCUT2D eigenvalue weighted by molar-refractivity contribution is 6.30. The van der Waals surface area contributed by atoms with Crippen molar-refractivity contribution in [2.24, 2.45) is 0 Å². The zero-order valence-corrected chi connectivity index (χ0v) is 20.2. The number of esters is 1. The first-order valence-corrected chi connectivity index (χ1v) is 11.7. The van der Waals surface area contributed by atoms with Gasteiger partial charge < -0.3 is 14.4 Å². The molecule has 5 rings (SSSR count). The summed E-state index contributed by atoms with van der Waals surface area (Å²) >= 11 is 6.22. The highest BCUT2D eigenvalue weighted by Crippen LogP contribution is 2.33. The van der Waals surface area contributed by atoms with Crippen LogP contribution >= 0.6 is 11.6 Å². The maximum atomic E-state index is 12.8. The van der Waals surface area contributed by atoms with Gasteiger partial charge in [0, 0.05) is 53.1 Å². The molecule has 0 fully saturated rings. The number of rotatable bonds is 6. The highest BCUT2D eigenvalue weighted by Gasteiger charge is 2.28. The summed E-state index contributed by atoms with van der Waals surface area (Å²) in [7, 11) is 1.62. The van der Waals surface area contributed by atoms with E-state index in [9.17, 15) is 4.79 Å². The van der Waals surface area contributed by atoms with Crippen molar-refractivity contribution in [3.8, 4) is 28.4 Å². The Kier molecular flexibility index (Phi) is 6.37. The van der Waals surface area contributed by atoms with Gasteiger partial charge >= 0.3 is 5.97 Å². The van der Waals surface area contributed by atoms with Gasteiger partial charge in [0.25, 0.3) is 0 Å². The lowest BCUT2D eigenvalue weighted by molar-refractivity contribution is 0.0526. The van der Waals surface area contributed by atoms with Crippen LogP contribution < -0.4 is 9.64 Å². The van der Waals surface area contributed by atoms with Crippen molar-refractivity contribution in [1.29, 1.82) is 0 Å². The number of aromatic amines is 1. The summed E-state index contributed by atoms with van der Waals surface area (Å²) in [6.07, 6.45) is 2.27. The molecule has 0 amide bonds. The Hall–Kier alpha value is -3.91. The molecule has 0 saturated heterocycles. The number of benzene rings is 2. The normalized spacial score (nSPS) is 12.8. The Morgan fingerprint density at radius 3 is 2.74 bits per heavy atom. The number of carbonyl (C=O) groups excluding carboxylic acids is 1. The van der Waals surface area contributed by atoms with Crippen LogP contribution in [0.1, 0.15) is 28.5 Å². The van der Waals surface area contributed by atoms with Crippen LogP contribution in [0.4, 0.5) is 5.82 Å². The van der Waals surface area contributed by atoms with Gasteiger partial charge in [0.15, 0.2) is 5.82 Å². The largest absolute Gasteiger partial charge is 0.497 e. The van der Waals surface area contributed by atoms with Crippen LogP contribution in [0.3, 0.4) is 0 Å². The first kappa shape index (κ1) is 22.9. The van der Waals surface area contributed by atoms with Crippen LogP contribution in [-0.2, 0) is 17.7 Å². The van der Waals surface area contributed by atoms with Crippen molar-refractivity contribution in [3.05, 3.63) is 76.6 Å². The van der Waals surface area contributed by atoms with Crippen LogP contribution in [-0.4, -0.2) is 46.4 Å². The lowest BCUT2D eigenvalue weighted by atomic mass is 10.0. The predicted molar refractivity (Wildman–Crippen MR) is 134 cm³/mol. The van der Waals surface area contributed by atoms with Crippen molar-refractivity contribution in [1.82, 2.24) is 20.2 Å². The van der Waals surface area contributed by atoms with Gasteiger partial charge in [-0.3, -0.25) is 5.10 Å². The van der Waals surface area contributed by atoms with Crippen molar-refractivity contribution >= 4 is 23.4 Å². The van der Waals surface area contributed by atoms with Crippen molar-refractivity contribution in [2.45, 2.75) is 19.9 Å². The molecule has 3 heterocycles. The molecular formula is C26H24ClN5O3. The minimum atomic E-state index is -0.447. The van der Waals surface area contributed by atoms with Crippen LogP contribution in [0.5, 0.6) is 5.75 Å². The second kappa shape index (κ2) is 9.76. The number of anilines is 1. The Morgan fingerprint density at radius 2 is 2.00 bits per heavy atom. The molecule has 0 atom stereocenters. The van der Waals surface area contributed by atoms with Gasteiger partial charge in [-0.1, -0.05) is 23.7 Å². The minimum Gasteiger partial charge on any atom is -0.497 e. The highest BCUT2D eigenvalue weighted by atomic mass is 35.5. The quantitative estimate of drug-likeness (QED) is 0.383. The smallest absolute Gasteiger partial charge is 0.343 e. The first-order valence-electron chi connectivity index (χ1n) is 11.3. The van der Waals surface area contributed by atoms with Crippen LogP contribution in [0, 0.1) is 0 Å². The zero-order valence-electron chi connectivity index (χ0n) is 19.4. The number of hydrogen-bond acceptors (Lipinski definition) is 7. The number of H-pyrrole nitrogens is 1. The molecule has 0 bridgehead atoms. The Morgan fingerprint density at radius 1 is 1.17 bits per heavy atom. The molecule has 2 aromatic heterocycles. The topological polar surface area (TPSA) is 93.2 Å². The lowest BCUT2D eigenvalue weighted by Gasteiger charge is -2.29. The molecule has 0 unspecified atom stereocenters. The number of ether oxygens (including phenoxy) is 2. The maximum Gasteiger partial charge on any atom is 0.343 e. The van der Waals surface area contributed by atoms with Crippen LogP contribution in [0.15, 0.2) is 54.7 Å². The average molecular weight is 490 g/mol. The van der Waals surface area contributed by atoms with Gasteiger partial charge in [0.1, 0.15) is 17.1 Å². The summed E-state index contributed by atoms with van der Waals surface area (Å²) < 4.78 is 10.6. The fraction of sp³-hybridized carbons (Fsp3) is 0.231. The van der Waals surface area contributed by atoms with Gasteiger partial charge in [-0.15, -0.1) is 0 Å². The molecule has 178 valence electrons. The van der Waals surface area contributed by atoms with Crippen molar-refractivity contribution in [3.63, 3.8) is 0 Å². The van der Waals surface area contributed by atoms with E-state index < -0.39 is 5.97 Å². The second-order valence-electron chi connectivity index (χ2n) is 8.09. The molecule has 0 aliphatic carbocycles. The molecule has 0 radical (unpaired) electrons. The lowest BCUT2D eigenvalue weighted by Crippen LogP contribution is -2.32. The Labute approximate surface area is 207 Å². The van der Waals surface area contributed by atoms with E-state index in [-0.39, 0.29) is 6.61 Å². The van der Waals surface area contributed by atoms with Gasteiger partial charge in [0.05, 0.1) is 19.4 Å². The van der Waals surface area contributed by atoms with E-state index in [1.807, 2.05) is 48.5 Å². The number of hydrogen-bond donors (Lipinski definition) is 1. The number of nitrogens with one attached hydrogen (secondary N) is 1. The summed E-state index contributed by atoms with van der Waals surface area (Å²) in [5, 5.41) is 8.37. The number of nitrogens with zero attached hydrogens (tertiary/aromatic N) is 4. The van der Waals surface area contributed by atoms with Gasteiger partial charge in [-0.2, -0.15) is 5.10 Å². The molecule has 1 aliphatic heterocycles. The number of aromatic nitrogens is 4. The fourth-order valence-electron chi connectivity index (χ4n) is 4.20. The molecule has 35 heavy (non-hydrogen) atoms. The molecule has 0 saturated carbocycles. The molecule has 1 N–H and O–H groups in total. The van der Waals surface area contributed by atoms with Crippen molar-refractivity contribution in [2.75, 3.05) is 25.2 Å². The third-order valence-electron chi connectivity index (χ3n) is 5.94. The van der Waals surface area contributed by atoms with E-state index in [2.05, 4.69) is 20.1 Å². The summed E-state index contributed by atoms with van der Waals surface area (Å²) in [4.78, 5) is 24.1. The fourth-order valence-corrected chi connectivity index (χ4v) is 4.39. The molecule has 4 aromatic rings. The van der Waals surface area contributed by atoms with Gasteiger partial charge in [-0.25, -0.2) is 14.8 Å². The summed E-state index contributed by atoms with van der Waals surface area (Å²) in [5.74, 6) is 1.35. The van der Waals surface area contributed by atoms with E-state index in [0.717, 1.165) is 40.2 Å². The number of halogens is 1. The monoisotopic (exact) mass is 489 g/mol. The SMILES string of the molecule is CCOC(=O)c1cnc(-c2ccc(OC)cc2)nc1N1CCc2[nH]nc(-c3cccc(Cl)c3)c2C1. The maximum absolute atomic E-state index is 12.8. The molecular weight excluding hydrogens is 466 g/mol. The third-order valence-corrected chi connectivity index (χ3v) is 6.18. The van der Waals surface area contributed by atoms with Gasteiger partial charge in [0.2, 0.25) is 0 Å². The van der Waals surface area contributed by atoms with E-state index in [4.69, 9.17) is 26.1 Å². The summed E-state index contributed by atoms with van der Waals surface area (Å²) in [6, 6.07) is 15.1. The van der Waals surface area contributed by atoms with E-state index in [1.54, 1.807) is 20.2 Å². The van der Waals surface area contributed by atoms with E-state index >= 15 is 0 Å². The van der Waals surface area contributed by atoms with E-state index in [1.165, 1.54) is 0 Å². The van der Waals surface area contributed by atoms with Crippen LogP contribution in [0.25, 0.3) is 22.6 Å². The third kappa shape index (κ3) is 4.57. The standard InChI is InChI=1S/C26H24ClN5O3/c1-3-35-26(33)20-14-28-24(16-7-9-19(34-2)10-8-16)29-25(20)32-12-11-22-21(15-32)23(31-30-22)17-5-4-6-18(27)13-17/h4-10,13-14H,3,11-12,15H2,1-2H3,(H,30,31). The predicted octanol–water partition coefficient (Wildman–Crippen LogP) is 4.94. The molecule has 8 nitrogen and oxygen atoms in total. The molecule has 0 spiro atoms. The summed E-state index contributed by atoms with van der Waals surface area (Å²) in [5.41, 5.74) is 5.05.